The molecule has 0 aliphatic rings. The Morgan fingerprint density at radius 1 is 1.12 bits per heavy atom. The van der Waals surface area contributed by atoms with Crippen LogP contribution in [-0.2, 0) is 11.3 Å². The molecule has 0 fully saturated rings. The van der Waals surface area contributed by atoms with Gasteiger partial charge in [-0.2, -0.15) is 0 Å². The molecule has 0 atom stereocenters. The van der Waals surface area contributed by atoms with E-state index < -0.39 is 0 Å². The van der Waals surface area contributed by atoms with E-state index >= 15 is 0 Å². The number of hydrogen-bond acceptors (Lipinski definition) is 4. The van der Waals surface area contributed by atoms with Crippen molar-refractivity contribution < 1.29 is 4.79 Å². The molecule has 0 saturated heterocycles. The van der Waals surface area contributed by atoms with Gasteiger partial charge in [-0.25, -0.2) is 4.68 Å². The smallest absolute Gasteiger partial charge is 0.260 e. The van der Waals surface area contributed by atoms with Gasteiger partial charge in [-0.1, -0.05) is 29.5 Å². The molecule has 1 heterocycles. The lowest BCUT2D eigenvalue weighted by Crippen LogP contribution is -2.45. The molecule has 0 aliphatic carbocycles. The maximum Gasteiger partial charge on any atom is 0.260 e. The van der Waals surface area contributed by atoms with E-state index in [2.05, 4.69) is 26.5 Å². The molecule has 0 saturated carbocycles. The first-order valence-corrected chi connectivity index (χ1v) is 8.15. The number of fused-ring (bicyclic) bond motifs is 1. The van der Waals surface area contributed by atoms with Gasteiger partial charge in [0, 0.05) is 5.69 Å². The van der Waals surface area contributed by atoms with E-state index in [9.17, 15) is 4.79 Å². The molecular formula is C17H18N6OS. The summed E-state index contributed by atoms with van der Waals surface area (Å²) in [6.45, 7) is 4.08. The molecule has 7 nitrogen and oxygen atoms in total. The van der Waals surface area contributed by atoms with Crippen LogP contribution in [-0.4, -0.2) is 26.0 Å². The van der Waals surface area contributed by atoms with Gasteiger partial charge >= 0.3 is 0 Å². The zero-order chi connectivity index (χ0) is 17.8. The first-order chi connectivity index (χ1) is 12.0. The number of anilines is 1. The van der Waals surface area contributed by atoms with Gasteiger partial charge in [0.05, 0.1) is 5.52 Å². The number of aromatic nitrogens is 3. The van der Waals surface area contributed by atoms with Crippen molar-refractivity contribution in [3.63, 3.8) is 0 Å². The van der Waals surface area contributed by atoms with Crippen molar-refractivity contribution in [3.05, 3.63) is 53.6 Å². The van der Waals surface area contributed by atoms with Crippen LogP contribution < -0.4 is 16.2 Å². The zero-order valence-electron chi connectivity index (χ0n) is 13.9. The lowest BCUT2D eigenvalue weighted by atomic mass is 10.1. The molecule has 1 amide bonds. The summed E-state index contributed by atoms with van der Waals surface area (Å²) in [4.78, 5) is 12.1. The minimum atomic E-state index is -0.277. The van der Waals surface area contributed by atoms with Gasteiger partial charge in [0.15, 0.2) is 5.11 Å². The van der Waals surface area contributed by atoms with Crippen molar-refractivity contribution in [2.75, 3.05) is 5.32 Å². The van der Waals surface area contributed by atoms with Crippen LogP contribution in [0.2, 0.25) is 0 Å². The Morgan fingerprint density at radius 3 is 2.76 bits per heavy atom. The largest absolute Gasteiger partial charge is 0.331 e. The lowest BCUT2D eigenvalue weighted by Gasteiger charge is -2.14. The highest BCUT2D eigenvalue weighted by Crippen LogP contribution is 2.17. The fraction of sp³-hybridized carbons (Fsp3) is 0.176. The lowest BCUT2D eigenvalue weighted by molar-refractivity contribution is -0.122. The number of para-hydroxylation sites is 1. The fourth-order valence-electron chi connectivity index (χ4n) is 2.38. The average molecular weight is 354 g/mol. The Kier molecular flexibility index (Phi) is 4.90. The fourth-order valence-corrected chi connectivity index (χ4v) is 2.54. The summed E-state index contributed by atoms with van der Waals surface area (Å²) in [7, 11) is 0. The summed E-state index contributed by atoms with van der Waals surface area (Å²) in [5.41, 5.74) is 9.96. The zero-order valence-corrected chi connectivity index (χ0v) is 14.7. The number of nitrogens with one attached hydrogen (secondary N) is 3. The third kappa shape index (κ3) is 3.92. The number of carbonyl (C=O) groups is 1. The SMILES string of the molecule is Cc1cccc(NC(=S)NNC(=O)Cn2nnc3ccccc32)c1C. The van der Waals surface area contributed by atoms with Crippen LogP contribution in [0.3, 0.4) is 0 Å². The summed E-state index contributed by atoms with van der Waals surface area (Å²) in [6.07, 6.45) is 0. The Bertz CT molecular complexity index is 936. The molecule has 1 aromatic heterocycles. The van der Waals surface area contributed by atoms with Crippen molar-refractivity contribution in [2.24, 2.45) is 0 Å². The van der Waals surface area contributed by atoms with Gasteiger partial charge in [0.1, 0.15) is 12.1 Å². The second-order valence-electron chi connectivity index (χ2n) is 5.61. The van der Waals surface area contributed by atoms with Crippen LogP contribution in [0.1, 0.15) is 11.1 Å². The highest BCUT2D eigenvalue weighted by atomic mass is 32.1. The third-order valence-corrected chi connectivity index (χ3v) is 4.09. The average Bonchev–Trinajstić information content (AvgIpc) is 3.00. The van der Waals surface area contributed by atoms with E-state index in [0.717, 1.165) is 27.8 Å². The number of hydrogen-bond donors (Lipinski definition) is 3. The van der Waals surface area contributed by atoms with Crippen molar-refractivity contribution in [1.29, 1.82) is 0 Å². The molecule has 2 aromatic carbocycles. The maximum absolute atomic E-state index is 12.1. The summed E-state index contributed by atoms with van der Waals surface area (Å²) >= 11 is 5.21. The van der Waals surface area contributed by atoms with E-state index in [0.29, 0.717) is 5.11 Å². The molecule has 0 bridgehead atoms. The van der Waals surface area contributed by atoms with Crippen molar-refractivity contribution >= 4 is 40.0 Å². The molecule has 8 heteroatoms. The third-order valence-electron chi connectivity index (χ3n) is 3.88. The van der Waals surface area contributed by atoms with Crippen LogP contribution in [0, 0.1) is 13.8 Å². The Morgan fingerprint density at radius 2 is 1.92 bits per heavy atom. The molecule has 128 valence electrons. The molecule has 0 radical (unpaired) electrons. The number of rotatable bonds is 3. The van der Waals surface area contributed by atoms with Crippen molar-refractivity contribution in [3.8, 4) is 0 Å². The Labute approximate surface area is 150 Å². The first-order valence-electron chi connectivity index (χ1n) is 7.75. The summed E-state index contributed by atoms with van der Waals surface area (Å²) in [6, 6.07) is 13.4. The van der Waals surface area contributed by atoms with Gasteiger partial charge in [0.25, 0.3) is 5.91 Å². The second kappa shape index (κ2) is 7.27. The summed E-state index contributed by atoms with van der Waals surface area (Å²) in [5, 5.41) is 11.4. The molecule has 0 unspecified atom stereocenters. The van der Waals surface area contributed by atoms with E-state index in [1.807, 2.05) is 56.3 Å². The Balaban J connectivity index is 1.55. The van der Waals surface area contributed by atoms with E-state index in [1.54, 1.807) is 0 Å². The van der Waals surface area contributed by atoms with Gasteiger partial charge in [0.2, 0.25) is 0 Å². The highest BCUT2D eigenvalue weighted by molar-refractivity contribution is 7.80. The number of hydrazine groups is 1. The maximum atomic E-state index is 12.1. The van der Waals surface area contributed by atoms with Crippen LogP contribution >= 0.6 is 12.2 Å². The number of thiocarbonyl (C=S) groups is 1. The number of amides is 1. The summed E-state index contributed by atoms with van der Waals surface area (Å²) < 4.78 is 1.54. The molecular weight excluding hydrogens is 336 g/mol. The standard InChI is InChI=1S/C17H18N6OS/c1-11-6-5-8-13(12(11)2)18-17(25)21-20-16(24)10-23-15-9-4-3-7-14(15)19-22-23/h3-9H,10H2,1-2H3,(H,20,24)(H2,18,21,25). The van der Waals surface area contributed by atoms with Gasteiger partial charge in [-0.05, 0) is 55.4 Å². The van der Waals surface area contributed by atoms with E-state index in [1.165, 1.54) is 4.68 Å². The monoisotopic (exact) mass is 354 g/mol. The normalized spacial score (nSPS) is 10.5. The predicted octanol–water partition coefficient (Wildman–Crippen LogP) is 2.07. The highest BCUT2D eigenvalue weighted by Gasteiger charge is 2.09. The minimum Gasteiger partial charge on any atom is -0.331 e. The Hall–Kier alpha value is -3.00. The van der Waals surface area contributed by atoms with E-state index in [-0.39, 0.29) is 12.5 Å². The topological polar surface area (TPSA) is 83.9 Å². The quantitative estimate of drug-likeness (QED) is 0.493. The predicted molar refractivity (Wildman–Crippen MR) is 101 cm³/mol. The minimum absolute atomic E-state index is 0.0413. The van der Waals surface area contributed by atoms with Crippen molar-refractivity contribution in [1.82, 2.24) is 25.8 Å². The van der Waals surface area contributed by atoms with Crippen LogP contribution in [0.5, 0.6) is 0 Å². The number of carbonyl (C=O) groups excluding carboxylic acids is 1. The van der Waals surface area contributed by atoms with Crippen LogP contribution in [0.15, 0.2) is 42.5 Å². The van der Waals surface area contributed by atoms with Gasteiger partial charge in [-0.3, -0.25) is 15.6 Å². The molecule has 0 aliphatic heterocycles. The van der Waals surface area contributed by atoms with Crippen LogP contribution in [0.25, 0.3) is 11.0 Å². The molecule has 3 aromatic rings. The van der Waals surface area contributed by atoms with Gasteiger partial charge < -0.3 is 5.32 Å². The summed E-state index contributed by atoms with van der Waals surface area (Å²) in [5.74, 6) is -0.277. The number of nitrogens with zero attached hydrogens (tertiary/aromatic N) is 3. The number of aryl methyl sites for hydroxylation is 1. The number of benzene rings is 2. The van der Waals surface area contributed by atoms with Crippen molar-refractivity contribution in [2.45, 2.75) is 20.4 Å². The molecule has 0 spiro atoms. The molecule has 25 heavy (non-hydrogen) atoms. The van der Waals surface area contributed by atoms with Gasteiger partial charge in [-0.15, -0.1) is 5.10 Å². The van der Waals surface area contributed by atoms with Crippen LogP contribution in [0.4, 0.5) is 5.69 Å². The molecule has 3 rings (SSSR count). The van der Waals surface area contributed by atoms with E-state index in [4.69, 9.17) is 12.2 Å². The first kappa shape index (κ1) is 16.8. The molecule has 3 N–H and O–H groups in total. The second-order valence-corrected chi connectivity index (χ2v) is 6.02.